The van der Waals surface area contributed by atoms with Gasteiger partial charge in [0, 0.05) is 11.1 Å². The Bertz CT molecular complexity index is 339. The summed E-state index contributed by atoms with van der Waals surface area (Å²) in [5.41, 5.74) is 4.12. The highest BCUT2D eigenvalue weighted by molar-refractivity contribution is 5.85. The van der Waals surface area contributed by atoms with Gasteiger partial charge in [0.05, 0.1) is 6.10 Å². The molecule has 0 spiro atoms. The highest BCUT2D eigenvalue weighted by Crippen LogP contribution is 2.21. The minimum Gasteiger partial charge on any atom is -0.389 e. The van der Waals surface area contributed by atoms with E-state index >= 15 is 0 Å². The molecular formula is C10H14ClNO3. The van der Waals surface area contributed by atoms with Crippen molar-refractivity contribution in [1.29, 1.82) is 0 Å². The third kappa shape index (κ3) is 2.76. The number of aldehydes is 1. The number of rotatable bonds is 3. The second-order valence-corrected chi connectivity index (χ2v) is 3.21. The second-order valence-electron chi connectivity index (χ2n) is 3.21. The van der Waals surface area contributed by atoms with Gasteiger partial charge in [0.2, 0.25) is 0 Å². The number of carbonyl (C=O) groups is 1. The molecule has 0 saturated carbocycles. The summed E-state index contributed by atoms with van der Waals surface area (Å²) in [5, 5.41) is 19.0. The van der Waals surface area contributed by atoms with Crippen LogP contribution in [0, 0.1) is 0 Å². The summed E-state index contributed by atoms with van der Waals surface area (Å²) in [6.07, 6.45) is -0.557. The van der Waals surface area contributed by atoms with Gasteiger partial charge in [-0.3, -0.25) is 10.5 Å². The summed E-state index contributed by atoms with van der Waals surface area (Å²) in [6, 6.07) is 6.34. The molecule has 5 heteroatoms. The zero-order valence-electron chi connectivity index (χ0n) is 8.25. The maximum Gasteiger partial charge on any atom is 0.166 e. The van der Waals surface area contributed by atoms with E-state index in [-0.39, 0.29) is 23.5 Å². The van der Waals surface area contributed by atoms with Crippen LogP contribution >= 0.6 is 12.4 Å². The first-order valence-electron chi connectivity index (χ1n) is 4.24. The molecule has 0 aliphatic carbocycles. The van der Waals surface area contributed by atoms with Gasteiger partial charge in [0.15, 0.2) is 5.72 Å². The van der Waals surface area contributed by atoms with E-state index in [1.165, 1.54) is 19.1 Å². The summed E-state index contributed by atoms with van der Waals surface area (Å²) in [4.78, 5) is 10.6. The van der Waals surface area contributed by atoms with Crippen molar-refractivity contribution < 1.29 is 15.0 Å². The smallest absolute Gasteiger partial charge is 0.166 e. The van der Waals surface area contributed by atoms with E-state index in [9.17, 15) is 15.0 Å². The average Bonchev–Trinajstić information content (AvgIpc) is 2.17. The van der Waals surface area contributed by atoms with Gasteiger partial charge in [0.1, 0.15) is 6.29 Å². The van der Waals surface area contributed by atoms with E-state index in [4.69, 9.17) is 5.73 Å². The SMILES string of the molecule is C[C@@H](O)[C@](N)(O)c1ccccc1C=O.Cl. The fourth-order valence-electron chi connectivity index (χ4n) is 1.19. The standard InChI is InChI=1S/C10H13NO3.ClH/c1-7(13)10(11,14)9-5-3-2-4-8(9)6-12;/h2-7,13-14H,11H2,1H3;1H/t7-,10+;/m1./s1. The van der Waals surface area contributed by atoms with Crippen LogP contribution in [0.3, 0.4) is 0 Å². The molecule has 4 N–H and O–H groups in total. The molecule has 0 aliphatic heterocycles. The van der Waals surface area contributed by atoms with Crippen LogP contribution < -0.4 is 5.73 Å². The van der Waals surface area contributed by atoms with Crippen molar-refractivity contribution >= 4 is 18.7 Å². The van der Waals surface area contributed by atoms with Crippen LogP contribution in [0.25, 0.3) is 0 Å². The topological polar surface area (TPSA) is 83.6 Å². The van der Waals surface area contributed by atoms with Crippen molar-refractivity contribution in [2.24, 2.45) is 5.73 Å². The zero-order chi connectivity index (χ0) is 10.8. The van der Waals surface area contributed by atoms with Crippen LogP contribution in [0.4, 0.5) is 0 Å². The summed E-state index contributed by atoms with van der Waals surface area (Å²) in [6.45, 7) is 1.36. The molecule has 0 aromatic heterocycles. The maximum atomic E-state index is 10.6. The van der Waals surface area contributed by atoms with Crippen molar-refractivity contribution in [2.75, 3.05) is 0 Å². The van der Waals surface area contributed by atoms with Crippen LogP contribution in [0.1, 0.15) is 22.8 Å². The molecule has 0 fully saturated rings. The van der Waals surface area contributed by atoms with Gasteiger partial charge < -0.3 is 10.2 Å². The highest BCUT2D eigenvalue weighted by atomic mass is 35.5. The normalized spacial score (nSPS) is 16.0. The molecule has 0 heterocycles. The Hall–Kier alpha value is -0.940. The van der Waals surface area contributed by atoms with Crippen LogP contribution in [0.2, 0.25) is 0 Å². The molecule has 4 nitrogen and oxygen atoms in total. The van der Waals surface area contributed by atoms with Crippen molar-refractivity contribution in [3.8, 4) is 0 Å². The van der Waals surface area contributed by atoms with Crippen molar-refractivity contribution in [3.63, 3.8) is 0 Å². The number of halogens is 1. The summed E-state index contributed by atoms with van der Waals surface area (Å²) in [7, 11) is 0. The first kappa shape index (κ1) is 14.1. The number of benzene rings is 1. The molecule has 0 bridgehead atoms. The lowest BCUT2D eigenvalue weighted by Crippen LogP contribution is -2.47. The molecule has 1 rings (SSSR count). The Kier molecular flexibility index (Phi) is 4.90. The third-order valence-corrected chi connectivity index (χ3v) is 2.16. The van der Waals surface area contributed by atoms with Gasteiger partial charge in [-0.15, -0.1) is 12.4 Å². The van der Waals surface area contributed by atoms with E-state index in [0.717, 1.165) is 0 Å². The predicted octanol–water partition coefficient (Wildman–Crippen LogP) is 0.405. The molecular weight excluding hydrogens is 218 g/mol. The largest absolute Gasteiger partial charge is 0.389 e. The van der Waals surface area contributed by atoms with Crippen molar-refractivity contribution in [1.82, 2.24) is 0 Å². The minimum absolute atomic E-state index is 0. The number of aliphatic hydroxyl groups is 2. The first-order chi connectivity index (χ1) is 6.50. The van der Waals surface area contributed by atoms with Gasteiger partial charge in [-0.2, -0.15) is 0 Å². The van der Waals surface area contributed by atoms with Gasteiger partial charge >= 0.3 is 0 Å². The first-order valence-corrected chi connectivity index (χ1v) is 4.24. The lowest BCUT2D eigenvalue weighted by Gasteiger charge is -2.27. The highest BCUT2D eigenvalue weighted by Gasteiger charge is 2.31. The molecule has 0 radical (unpaired) electrons. The van der Waals surface area contributed by atoms with E-state index in [1.54, 1.807) is 12.1 Å². The number of nitrogens with two attached hydrogens (primary N) is 1. The lowest BCUT2D eigenvalue weighted by molar-refractivity contribution is -0.0671. The number of hydrogen-bond acceptors (Lipinski definition) is 4. The van der Waals surface area contributed by atoms with Crippen LogP contribution in [-0.2, 0) is 5.72 Å². The molecule has 2 atom stereocenters. The third-order valence-electron chi connectivity index (χ3n) is 2.16. The van der Waals surface area contributed by atoms with Crippen molar-refractivity contribution in [3.05, 3.63) is 35.4 Å². The molecule has 0 unspecified atom stereocenters. The van der Waals surface area contributed by atoms with Gasteiger partial charge in [0.25, 0.3) is 0 Å². The monoisotopic (exact) mass is 231 g/mol. The number of hydrogen-bond donors (Lipinski definition) is 3. The Morgan fingerprint density at radius 1 is 1.47 bits per heavy atom. The average molecular weight is 232 g/mol. The van der Waals surface area contributed by atoms with E-state index < -0.39 is 11.8 Å². The Labute approximate surface area is 94.1 Å². The predicted molar refractivity (Wildman–Crippen MR) is 58.8 cm³/mol. The maximum absolute atomic E-state index is 10.6. The molecule has 1 aromatic rings. The quantitative estimate of drug-likeness (QED) is 0.520. The summed E-state index contributed by atoms with van der Waals surface area (Å²) >= 11 is 0. The molecule has 15 heavy (non-hydrogen) atoms. The number of aliphatic hydroxyl groups excluding tert-OH is 1. The molecule has 84 valence electrons. The van der Waals surface area contributed by atoms with E-state index in [2.05, 4.69) is 0 Å². The molecule has 0 amide bonds. The Morgan fingerprint density at radius 3 is 2.47 bits per heavy atom. The van der Waals surface area contributed by atoms with Gasteiger partial charge in [-0.25, -0.2) is 0 Å². The van der Waals surface area contributed by atoms with Gasteiger partial charge in [-0.1, -0.05) is 24.3 Å². The fraction of sp³-hybridized carbons (Fsp3) is 0.300. The Morgan fingerprint density at radius 2 is 2.00 bits per heavy atom. The van der Waals surface area contributed by atoms with Gasteiger partial charge in [-0.05, 0) is 6.92 Å². The zero-order valence-corrected chi connectivity index (χ0v) is 9.07. The van der Waals surface area contributed by atoms with E-state index in [0.29, 0.717) is 6.29 Å². The second kappa shape index (κ2) is 5.23. The van der Waals surface area contributed by atoms with Crippen LogP contribution in [0.5, 0.6) is 0 Å². The lowest BCUT2D eigenvalue weighted by atomic mass is 9.94. The fourth-order valence-corrected chi connectivity index (χ4v) is 1.19. The number of carbonyl (C=O) groups excluding carboxylic acids is 1. The van der Waals surface area contributed by atoms with E-state index in [1.807, 2.05) is 0 Å². The van der Waals surface area contributed by atoms with Crippen molar-refractivity contribution in [2.45, 2.75) is 18.8 Å². The Balaban J connectivity index is 0.00000196. The summed E-state index contributed by atoms with van der Waals surface area (Å²) in [5.74, 6) is 0. The van der Waals surface area contributed by atoms with Crippen LogP contribution in [0.15, 0.2) is 24.3 Å². The summed E-state index contributed by atoms with van der Waals surface area (Å²) < 4.78 is 0. The molecule has 0 saturated heterocycles. The minimum atomic E-state index is -1.89. The van der Waals surface area contributed by atoms with Crippen LogP contribution in [-0.4, -0.2) is 22.6 Å². The molecule has 0 aliphatic rings. The molecule has 1 aromatic carbocycles.